The van der Waals surface area contributed by atoms with Gasteiger partial charge in [-0.05, 0) is 45.0 Å². The van der Waals surface area contributed by atoms with Crippen LogP contribution < -0.4 is 15.4 Å². The molecule has 98 valence electrons. The summed E-state index contributed by atoms with van der Waals surface area (Å²) in [5.41, 5.74) is 0.318. The third-order valence-electron chi connectivity index (χ3n) is 1.86. The number of anilines is 1. The summed E-state index contributed by atoms with van der Waals surface area (Å²) in [5, 5.41) is 5.31. The van der Waals surface area contributed by atoms with E-state index >= 15 is 0 Å². The van der Waals surface area contributed by atoms with E-state index in [4.69, 9.17) is 4.74 Å². The zero-order chi connectivity index (χ0) is 13.8. The van der Waals surface area contributed by atoms with E-state index in [2.05, 4.69) is 10.6 Å². The molecule has 0 spiro atoms. The number of benzene rings is 1. The van der Waals surface area contributed by atoms with Crippen LogP contribution in [0.25, 0.3) is 0 Å². The van der Waals surface area contributed by atoms with Crippen LogP contribution in [0.5, 0.6) is 5.75 Å². The molecule has 0 aliphatic heterocycles. The van der Waals surface area contributed by atoms with Crippen molar-refractivity contribution in [2.75, 3.05) is 5.32 Å². The van der Waals surface area contributed by atoms with Crippen molar-refractivity contribution in [3.63, 3.8) is 0 Å². The van der Waals surface area contributed by atoms with Gasteiger partial charge < -0.3 is 15.4 Å². The maximum atomic E-state index is 11.5. The zero-order valence-corrected chi connectivity index (χ0v) is 11.0. The lowest BCUT2D eigenvalue weighted by atomic mass is 10.1. The average Bonchev–Trinajstić information content (AvgIpc) is 2.17. The number of hydrogen-bond acceptors (Lipinski definition) is 3. The molecule has 0 saturated heterocycles. The first-order valence-corrected chi connectivity index (χ1v) is 5.64. The van der Waals surface area contributed by atoms with E-state index in [1.807, 2.05) is 20.8 Å². The van der Waals surface area contributed by atoms with E-state index in [1.165, 1.54) is 6.92 Å². The van der Waals surface area contributed by atoms with Crippen molar-refractivity contribution in [3.05, 3.63) is 24.3 Å². The molecule has 0 saturated carbocycles. The lowest BCUT2D eigenvalue weighted by molar-refractivity contribution is -0.114. The molecule has 0 unspecified atom stereocenters. The standard InChI is InChI=1S/C13H18N2O3/c1-9(16)14-10-5-7-11(8-6-10)18-12(17)15-13(2,3)4/h5-8H,1-4H3,(H,14,16)(H,15,17). The summed E-state index contributed by atoms with van der Waals surface area (Å²) in [6.45, 7) is 7.04. The summed E-state index contributed by atoms with van der Waals surface area (Å²) in [4.78, 5) is 22.3. The van der Waals surface area contributed by atoms with Gasteiger partial charge in [0.25, 0.3) is 0 Å². The van der Waals surface area contributed by atoms with Crippen molar-refractivity contribution in [2.24, 2.45) is 0 Å². The molecule has 0 radical (unpaired) electrons. The minimum atomic E-state index is -0.505. The number of rotatable bonds is 2. The molecular formula is C13H18N2O3. The Balaban J connectivity index is 2.58. The summed E-state index contributed by atoms with van der Waals surface area (Å²) in [7, 11) is 0. The molecule has 5 nitrogen and oxygen atoms in total. The second-order valence-corrected chi connectivity index (χ2v) is 4.97. The van der Waals surface area contributed by atoms with Gasteiger partial charge in [0.1, 0.15) is 5.75 Å². The molecule has 0 aliphatic carbocycles. The lowest BCUT2D eigenvalue weighted by Gasteiger charge is -2.19. The van der Waals surface area contributed by atoms with Gasteiger partial charge in [-0.3, -0.25) is 4.79 Å². The molecule has 0 fully saturated rings. The highest BCUT2D eigenvalue weighted by Gasteiger charge is 2.15. The predicted molar refractivity (Wildman–Crippen MR) is 69.7 cm³/mol. The van der Waals surface area contributed by atoms with Crippen molar-refractivity contribution in [1.29, 1.82) is 0 Å². The largest absolute Gasteiger partial charge is 0.413 e. The summed E-state index contributed by atoms with van der Waals surface area (Å²) in [6.07, 6.45) is -0.505. The van der Waals surface area contributed by atoms with Crippen LogP contribution in [0.3, 0.4) is 0 Å². The predicted octanol–water partition coefficient (Wildman–Crippen LogP) is 2.53. The molecule has 1 aromatic carbocycles. The van der Waals surface area contributed by atoms with Crippen LogP contribution in [0.15, 0.2) is 24.3 Å². The van der Waals surface area contributed by atoms with Crippen molar-refractivity contribution in [1.82, 2.24) is 5.32 Å². The van der Waals surface area contributed by atoms with Crippen LogP contribution >= 0.6 is 0 Å². The number of nitrogens with one attached hydrogen (secondary N) is 2. The molecule has 0 aromatic heterocycles. The van der Waals surface area contributed by atoms with Gasteiger partial charge in [0.15, 0.2) is 0 Å². The van der Waals surface area contributed by atoms with Gasteiger partial charge in [-0.25, -0.2) is 4.79 Å². The van der Waals surface area contributed by atoms with Crippen LogP contribution in [0.1, 0.15) is 27.7 Å². The maximum absolute atomic E-state index is 11.5. The quantitative estimate of drug-likeness (QED) is 0.847. The molecule has 0 atom stereocenters. The first kappa shape index (κ1) is 14.0. The second-order valence-electron chi connectivity index (χ2n) is 4.97. The molecule has 2 amide bonds. The molecule has 18 heavy (non-hydrogen) atoms. The minimum Gasteiger partial charge on any atom is -0.410 e. The monoisotopic (exact) mass is 250 g/mol. The maximum Gasteiger partial charge on any atom is 0.413 e. The van der Waals surface area contributed by atoms with Crippen LogP contribution in [0.2, 0.25) is 0 Å². The van der Waals surface area contributed by atoms with Gasteiger partial charge in [-0.15, -0.1) is 0 Å². The number of amides is 2. The highest BCUT2D eigenvalue weighted by atomic mass is 16.6. The topological polar surface area (TPSA) is 67.4 Å². The molecule has 0 bridgehead atoms. The fourth-order valence-corrected chi connectivity index (χ4v) is 1.25. The zero-order valence-electron chi connectivity index (χ0n) is 11.0. The molecule has 5 heteroatoms. The van der Waals surface area contributed by atoms with Crippen molar-refractivity contribution in [3.8, 4) is 5.75 Å². The van der Waals surface area contributed by atoms with Crippen molar-refractivity contribution < 1.29 is 14.3 Å². The van der Waals surface area contributed by atoms with Gasteiger partial charge in [0, 0.05) is 18.2 Å². The number of carbonyl (C=O) groups is 2. The number of hydrogen-bond donors (Lipinski definition) is 2. The fraction of sp³-hybridized carbons (Fsp3) is 0.385. The van der Waals surface area contributed by atoms with Crippen molar-refractivity contribution in [2.45, 2.75) is 33.2 Å². The Morgan fingerprint density at radius 3 is 2.11 bits per heavy atom. The van der Waals surface area contributed by atoms with Gasteiger partial charge in [-0.1, -0.05) is 0 Å². The molecule has 1 aromatic rings. The third-order valence-corrected chi connectivity index (χ3v) is 1.86. The van der Waals surface area contributed by atoms with E-state index in [0.29, 0.717) is 11.4 Å². The normalized spacial score (nSPS) is 10.7. The summed E-state index contributed by atoms with van der Waals surface area (Å²) < 4.78 is 5.09. The Hall–Kier alpha value is -2.04. The van der Waals surface area contributed by atoms with Crippen molar-refractivity contribution >= 4 is 17.7 Å². The third kappa shape index (κ3) is 5.34. The number of ether oxygens (including phenoxy) is 1. The average molecular weight is 250 g/mol. The Labute approximate surface area is 107 Å². The van der Waals surface area contributed by atoms with Gasteiger partial charge in [-0.2, -0.15) is 0 Å². The van der Waals surface area contributed by atoms with Gasteiger partial charge in [0.2, 0.25) is 5.91 Å². The van der Waals surface area contributed by atoms with Gasteiger partial charge in [0.05, 0.1) is 0 Å². The highest BCUT2D eigenvalue weighted by Crippen LogP contribution is 2.16. The number of carbonyl (C=O) groups excluding carboxylic acids is 2. The van der Waals surface area contributed by atoms with E-state index in [-0.39, 0.29) is 11.4 Å². The Kier molecular flexibility index (Phi) is 4.31. The summed E-state index contributed by atoms with van der Waals surface area (Å²) in [5.74, 6) is 0.278. The van der Waals surface area contributed by atoms with E-state index in [9.17, 15) is 9.59 Å². The Bertz CT molecular complexity index is 433. The Morgan fingerprint density at radius 1 is 1.11 bits per heavy atom. The second kappa shape index (κ2) is 5.53. The minimum absolute atomic E-state index is 0.144. The Morgan fingerprint density at radius 2 is 1.67 bits per heavy atom. The molecule has 0 heterocycles. The fourth-order valence-electron chi connectivity index (χ4n) is 1.25. The first-order chi connectivity index (χ1) is 8.26. The highest BCUT2D eigenvalue weighted by molar-refractivity contribution is 5.88. The van der Waals surface area contributed by atoms with Crippen LogP contribution in [0.4, 0.5) is 10.5 Å². The lowest BCUT2D eigenvalue weighted by Crippen LogP contribution is -2.42. The van der Waals surface area contributed by atoms with Crippen LogP contribution in [-0.2, 0) is 4.79 Å². The van der Waals surface area contributed by atoms with Crippen LogP contribution in [0, 0.1) is 0 Å². The first-order valence-electron chi connectivity index (χ1n) is 5.64. The smallest absolute Gasteiger partial charge is 0.410 e. The van der Waals surface area contributed by atoms with E-state index in [0.717, 1.165) is 0 Å². The summed E-state index contributed by atoms with van der Waals surface area (Å²) in [6, 6.07) is 6.57. The van der Waals surface area contributed by atoms with E-state index in [1.54, 1.807) is 24.3 Å². The molecule has 0 aliphatic rings. The summed E-state index contributed by atoms with van der Waals surface area (Å²) >= 11 is 0. The molecule has 2 N–H and O–H groups in total. The molecular weight excluding hydrogens is 232 g/mol. The van der Waals surface area contributed by atoms with E-state index < -0.39 is 6.09 Å². The molecule has 1 rings (SSSR count). The van der Waals surface area contributed by atoms with Gasteiger partial charge >= 0.3 is 6.09 Å². The SMILES string of the molecule is CC(=O)Nc1ccc(OC(=O)NC(C)(C)C)cc1. The van der Waals surface area contributed by atoms with Crippen LogP contribution in [-0.4, -0.2) is 17.5 Å².